The first-order chi connectivity index (χ1) is 9.38. The van der Waals surface area contributed by atoms with Gasteiger partial charge in [-0.2, -0.15) is 0 Å². The Labute approximate surface area is 112 Å². The van der Waals surface area contributed by atoms with Crippen molar-refractivity contribution in [2.75, 3.05) is 13.7 Å². The van der Waals surface area contributed by atoms with Crippen molar-refractivity contribution in [2.45, 2.75) is 19.1 Å². The molecule has 1 atom stereocenters. The van der Waals surface area contributed by atoms with E-state index >= 15 is 0 Å². The third kappa shape index (κ3) is 2.50. The van der Waals surface area contributed by atoms with Gasteiger partial charge in [-0.15, -0.1) is 0 Å². The smallest absolute Gasteiger partial charge is 0.162 e. The van der Waals surface area contributed by atoms with E-state index in [0.29, 0.717) is 0 Å². The van der Waals surface area contributed by atoms with Gasteiger partial charge in [-0.1, -0.05) is 30.3 Å². The molecule has 2 heterocycles. The van der Waals surface area contributed by atoms with E-state index in [1.165, 1.54) is 5.56 Å². The zero-order valence-corrected chi connectivity index (χ0v) is 11.0. The molecule has 0 fully saturated rings. The lowest BCUT2D eigenvalue weighted by Gasteiger charge is -2.19. The zero-order chi connectivity index (χ0) is 13.1. The second kappa shape index (κ2) is 5.47. The van der Waals surface area contributed by atoms with Gasteiger partial charge in [0.2, 0.25) is 0 Å². The molecular weight excluding hydrogens is 238 g/mol. The van der Waals surface area contributed by atoms with Crippen LogP contribution in [-0.4, -0.2) is 23.6 Å². The fraction of sp³-hybridized carbons (Fsp3) is 0.333. The molecule has 0 spiro atoms. The molecule has 1 N–H and O–H groups in total. The van der Waals surface area contributed by atoms with Crippen LogP contribution in [0.2, 0.25) is 0 Å². The number of benzene rings is 1. The van der Waals surface area contributed by atoms with Gasteiger partial charge in [0, 0.05) is 44.1 Å². The van der Waals surface area contributed by atoms with Crippen molar-refractivity contribution in [1.29, 1.82) is 0 Å². The lowest BCUT2D eigenvalue weighted by Crippen LogP contribution is -2.25. The SMILES string of the molecule is COC(c1ccccc1)c1ncc2c(n1)CCNC2. The van der Waals surface area contributed by atoms with Gasteiger partial charge in [-0.3, -0.25) is 0 Å². The van der Waals surface area contributed by atoms with E-state index in [0.717, 1.165) is 36.6 Å². The summed E-state index contributed by atoms with van der Waals surface area (Å²) in [4.78, 5) is 9.15. The zero-order valence-electron chi connectivity index (χ0n) is 11.0. The Balaban J connectivity index is 1.96. The van der Waals surface area contributed by atoms with Crippen molar-refractivity contribution < 1.29 is 4.74 Å². The normalized spacial score (nSPS) is 15.8. The van der Waals surface area contributed by atoms with Crippen LogP contribution >= 0.6 is 0 Å². The standard InChI is InChI=1S/C15H17N3O/c1-19-14(11-5-3-2-4-6-11)15-17-10-12-9-16-8-7-13(12)18-15/h2-6,10,14,16H,7-9H2,1H3. The molecule has 0 bridgehead atoms. The fourth-order valence-corrected chi connectivity index (χ4v) is 2.40. The summed E-state index contributed by atoms with van der Waals surface area (Å²) >= 11 is 0. The van der Waals surface area contributed by atoms with E-state index in [2.05, 4.69) is 15.3 Å². The van der Waals surface area contributed by atoms with Crippen LogP contribution in [0.3, 0.4) is 0 Å². The van der Waals surface area contributed by atoms with Crippen LogP contribution in [0.1, 0.15) is 28.7 Å². The monoisotopic (exact) mass is 255 g/mol. The number of ether oxygens (including phenoxy) is 1. The molecule has 3 rings (SSSR count). The third-order valence-corrected chi connectivity index (χ3v) is 3.40. The van der Waals surface area contributed by atoms with Crippen molar-refractivity contribution in [3.63, 3.8) is 0 Å². The molecule has 1 aromatic carbocycles. The molecule has 19 heavy (non-hydrogen) atoms. The van der Waals surface area contributed by atoms with Gasteiger partial charge < -0.3 is 10.1 Å². The number of hydrogen-bond acceptors (Lipinski definition) is 4. The predicted octanol–water partition coefficient (Wildman–Crippen LogP) is 1.86. The largest absolute Gasteiger partial charge is 0.369 e. The van der Waals surface area contributed by atoms with E-state index in [-0.39, 0.29) is 6.10 Å². The van der Waals surface area contributed by atoms with E-state index in [1.54, 1.807) is 7.11 Å². The Morgan fingerprint density at radius 2 is 2.11 bits per heavy atom. The van der Waals surface area contributed by atoms with Crippen LogP contribution in [0.5, 0.6) is 0 Å². The molecular formula is C15H17N3O. The van der Waals surface area contributed by atoms with Crippen molar-refractivity contribution in [1.82, 2.24) is 15.3 Å². The highest BCUT2D eigenvalue weighted by atomic mass is 16.5. The van der Waals surface area contributed by atoms with Gasteiger partial charge in [-0.25, -0.2) is 9.97 Å². The minimum atomic E-state index is -0.193. The first-order valence-corrected chi connectivity index (χ1v) is 6.51. The summed E-state index contributed by atoms with van der Waals surface area (Å²) in [6.07, 6.45) is 2.68. The van der Waals surface area contributed by atoms with E-state index in [9.17, 15) is 0 Å². The Morgan fingerprint density at radius 3 is 2.89 bits per heavy atom. The van der Waals surface area contributed by atoms with Gasteiger partial charge in [0.15, 0.2) is 5.82 Å². The molecule has 98 valence electrons. The van der Waals surface area contributed by atoms with E-state index in [1.807, 2.05) is 36.5 Å². The maximum Gasteiger partial charge on any atom is 0.162 e. The second-order valence-electron chi connectivity index (χ2n) is 4.65. The summed E-state index contributed by atoms with van der Waals surface area (Å²) in [5.74, 6) is 0.745. The maximum atomic E-state index is 5.57. The molecule has 0 saturated heterocycles. The highest BCUT2D eigenvalue weighted by molar-refractivity contribution is 5.26. The Hall–Kier alpha value is -1.78. The summed E-state index contributed by atoms with van der Waals surface area (Å²) in [5, 5.41) is 3.32. The molecule has 0 saturated carbocycles. The number of rotatable bonds is 3. The number of nitrogens with one attached hydrogen (secondary N) is 1. The number of hydrogen-bond donors (Lipinski definition) is 1. The van der Waals surface area contributed by atoms with Crippen LogP contribution < -0.4 is 5.32 Å². The molecule has 2 aromatic rings. The van der Waals surface area contributed by atoms with Gasteiger partial charge in [0.25, 0.3) is 0 Å². The second-order valence-corrected chi connectivity index (χ2v) is 4.65. The molecule has 1 aliphatic rings. The number of fused-ring (bicyclic) bond motifs is 1. The van der Waals surface area contributed by atoms with Crippen LogP contribution in [0.15, 0.2) is 36.5 Å². The molecule has 1 aromatic heterocycles. The van der Waals surface area contributed by atoms with Gasteiger partial charge in [0.05, 0.1) is 0 Å². The Kier molecular flexibility index (Phi) is 3.53. The average molecular weight is 255 g/mol. The minimum absolute atomic E-state index is 0.193. The number of methoxy groups -OCH3 is 1. The molecule has 0 aliphatic carbocycles. The number of aromatic nitrogens is 2. The highest BCUT2D eigenvalue weighted by Gasteiger charge is 2.19. The molecule has 0 radical (unpaired) electrons. The molecule has 1 aliphatic heterocycles. The predicted molar refractivity (Wildman–Crippen MR) is 72.7 cm³/mol. The Morgan fingerprint density at radius 1 is 1.26 bits per heavy atom. The Bertz CT molecular complexity index is 557. The lowest BCUT2D eigenvalue weighted by molar-refractivity contribution is 0.128. The first kappa shape index (κ1) is 12.3. The van der Waals surface area contributed by atoms with Crippen molar-refractivity contribution in [3.8, 4) is 0 Å². The van der Waals surface area contributed by atoms with Gasteiger partial charge in [0.1, 0.15) is 6.10 Å². The van der Waals surface area contributed by atoms with Gasteiger partial charge in [-0.05, 0) is 5.56 Å². The van der Waals surface area contributed by atoms with Crippen molar-refractivity contribution in [3.05, 3.63) is 59.2 Å². The summed E-state index contributed by atoms with van der Waals surface area (Å²) < 4.78 is 5.57. The van der Waals surface area contributed by atoms with E-state index < -0.39 is 0 Å². The van der Waals surface area contributed by atoms with E-state index in [4.69, 9.17) is 4.74 Å². The molecule has 1 unspecified atom stereocenters. The fourth-order valence-electron chi connectivity index (χ4n) is 2.40. The molecule has 4 nitrogen and oxygen atoms in total. The topological polar surface area (TPSA) is 47.0 Å². The minimum Gasteiger partial charge on any atom is -0.369 e. The molecule has 4 heteroatoms. The summed E-state index contributed by atoms with van der Waals surface area (Å²) in [6, 6.07) is 10.1. The van der Waals surface area contributed by atoms with Crippen LogP contribution in [0, 0.1) is 0 Å². The molecule has 0 amide bonds. The van der Waals surface area contributed by atoms with Crippen molar-refractivity contribution >= 4 is 0 Å². The summed E-state index contributed by atoms with van der Waals surface area (Å²) in [6.45, 7) is 1.84. The average Bonchev–Trinajstić information content (AvgIpc) is 2.49. The third-order valence-electron chi connectivity index (χ3n) is 3.40. The maximum absolute atomic E-state index is 5.57. The number of nitrogens with zero attached hydrogens (tertiary/aromatic N) is 2. The summed E-state index contributed by atoms with van der Waals surface area (Å²) in [7, 11) is 1.70. The highest BCUT2D eigenvalue weighted by Crippen LogP contribution is 2.23. The summed E-state index contributed by atoms with van der Waals surface area (Å²) in [5.41, 5.74) is 3.42. The van der Waals surface area contributed by atoms with Crippen molar-refractivity contribution in [2.24, 2.45) is 0 Å². The first-order valence-electron chi connectivity index (χ1n) is 6.51. The van der Waals surface area contributed by atoms with Crippen LogP contribution in [0.25, 0.3) is 0 Å². The quantitative estimate of drug-likeness (QED) is 0.909. The van der Waals surface area contributed by atoms with Gasteiger partial charge >= 0.3 is 0 Å². The van der Waals surface area contributed by atoms with Crippen LogP contribution in [-0.2, 0) is 17.7 Å². The lowest BCUT2D eigenvalue weighted by atomic mass is 10.1. The van der Waals surface area contributed by atoms with Crippen LogP contribution in [0.4, 0.5) is 0 Å².